The summed E-state index contributed by atoms with van der Waals surface area (Å²) in [6, 6.07) is 6.32. The molecule has 0 fully saturated rings. The topological polar surface area (TPSA) is 93.7 Å². The molecule has 2 N–H and O–H groups in total. The molecule has 7 nitrogen and oxygen atoms in total. The Morgan fingerprint density at radius 2 is 2.05 bits per heavy atom. The molecule has 1 rings (SSSR count). The minimum atomic E-state index is -3.46. The Hall–Kier alpha value is -1.64. The van der Waals surface area contributed by atoms with Crippen LogP contribution in [-0.2, 0) is 14.8 Å². The number of carbonyl (C=O) groups is 1. The van der Waals surface area contributed by atoms with Gasteiger partial charge in [0.05, 0.1) is 19.5 Å². The Labute approximate surface area is 131 Å². The fourth-order valence-corrected chi connectivity index (χ4v) is 2.98. The summed E-state index contributed by atoms with van der Waals surface area (Å²) in [4.78, 5) is 11.9. The lowest BCUT2D eigenvalue weighted by Crippen LogP contribution is -2.40. The van der Waals surface area contributed by atoms with E-state index >= 15 is 0 Å². The highest BCUT2D eigenvalue weighted by molar-refractivity contribution is 7.89. The molecule has 0 radical (unpaired) electrons. The van der Waals surface area contributed by atoms with Crippen LogP contribution in [0.15, 0.2) is 24.3 Å². The zero-order valence-electron chi connectivity index (χ0n) is 13.0. The van der Waals surface area contributed by atoms with E-state index in [4.69, 9.17) is 9.47 Å². The predicted octanol–water partition coefficient (Wildman–Crippen LogP) is 0.379. The molecule has 1 aromatic rings. The van der Waals surface area contributed by atoms with E-state index in [-0.39, 0.29) is 30.9 Å². The molecule has 1 amide bonds. The van der Waals surface area contributed by atoms with Crippen molar-refractivity contribution < 1.29 is 22.7 Å². The molecule has 0 saturated heterocycles. The maximum atomic E-state index is 11.9. The van der Waals surface area contributed by atoms with E-state index in [9.17, 15) is 13.2 Å². The molecular weight excluding hydrogens is 308 g/mol. The van der Waals surface area contributed by atoms with Crippen molar-refractivity contribution in [3.63, 3.8) is 0 Å². The maximum absolute atomic E-state index is 11.9. The van der Waals surface area contributed by atoms with Gasteiger partial charge in [0.25, 0.3) is 5.91 Å². The van der Waals surface area contributed by atoms with Gasteiger partial charge in [0.1, 0.15) is 5.75 Å². The molecular formula is C14H22N2O5S. The lowest BCUT2D eigenvalue weighted by atomic mass is 10.2. The van der Waals surface area contributed by atoms with Crippen molar-refractivity contribution >= 4 is 15.9 Å². The molecule has 1 atom stereocenters. The lowest BCUT2D eigenvalue weighted by molar-refractivity contribution is 0.0955. The van der Waals surface area contributed by atoms with Crippen molar-refractivity contribution in [3.8, 4) is 5.75 Å². The van der Waals surface area contributed by atoms with Gasteiger partial charge < -0.3 is 14.8 Å². The van der Waals surface area contributed by atoms with E-state index in [0.29, 0.717) is 11.3 Å². The molecule has 0 spiro atoms. The second kappa shape index (κ2) is 8.72. The van der Waals surface area contributed by atoms with Crippen molar-refractivity contribution in [2.45, 2.75) is 13.0 Å². The maximum Gasteiger partial charge on any atom is 0.251 e. The van der Waals surface area contributed by atoms with Gasteiger partial charge in [0.15, 0.2) is 0 Å². The second-order valence-electron chi connectivity index (χ2n) is 4.78. The van der Waals surface area contributed by atoms with Crippen molar-refractivity contribution in [1.29, 1.82) is 0 Å². The van der Waals surface area contributed by atoms with Gasteiger partial charge in [0.2, 0.25) is 10.0 Å². The van der Waals surface area contributed by atoms with Crippen molar-refractivity contribution in [1.82, 2.24) is 10.0 Å². The van der Waals surface area contributed by atoms with Gasteiger partial charge in [-0.2, -0.15) is 0 Å². The number of amides is 1. The fraction of sp³-hybridized carbons (Fsp3) is 0.500. The average Bonchev–Trinajstić information content (AvgIpc) is 2.46. The number of sulfonamides is 1. The fourth-order valence-electron chi connectivity index (χ4n) is 1.81. The van der Waals surface area contributed by atoms with Gasteiger partial charge in [-0.3, -0.25) is 4.79 Å². The molecule has 1 aromatic carbocycles. The number of ether oxygens (including phenoxy) is 2. The zero-order valence-corrected chi connectivity index (χ0v) is 13.8. The normalized spacial score (nSPS) is 12.7. The summed E-state index contributed by atoms with van der Waals surface area (Å²) >= 11 is 0. The largest absolute Gasteiger partial charge is 0.497 e. The minimum absolute atomic E-state index is 0.0189. The van der Waals surface area contributed by atoms with Gasteiger partial charge in [-0.1, -0.05) is 6.07 Å². The first-order chi connectivity index (χ1) is 10.4. The summed E-state index contributed by atoms with van der Waals surface area (Å²) in [5.74, 6) is 0.0194. The van der Waals surface area contributed by atoms with Crippen LogP contribution in [0.5, 0.6) is 5.75 Å². The first-order valence-electron chi connectivity index (χ1n) is 6.79. The van der Waals surface area contributed by atoms with E-state index in [2.05, 4.69) is 10.0 Å². The Morgan fingerprint density at radius 1 is 1.32 bits per heavy atom. The number of nitrogens with one attached hydrogen (secondary N) is 2. The number of carbonyl (C=O) groups excluding carboxylic acids is 1. The van der Waals surface area contributed by atoms with Crippen molar-refractivity contribution in [2.24, 2.45) is 0 Å². The third kappa shape index (κ3) is 6.42. The lowest BCUT2D eigenvalue weighted by Gasteiger charge is -2.13. The van der Waals surface area contributed by atoms with Crippen molar-refractivity contribution in [3.05, 3.63) is 29.8 Å². The monoisotopic (exact) mass is 330 g/mol. The quantitative estimate of drug-likeness (QED) is 0.683. The van der Waals surface area contributed by atoms with Gasteiger partial charge >= 0.3 is 0 Å². The summed E-state index contributed by atoms with van der Waals surface area (Å²) in [6.45, 7) is 2.01. The van der Waals surface area contributed by atoms with Crippen LogP contribution in [0.4, 0.5) is 0 Å². The van der Waals surface area contributed by atoms with Gasteiger partial charge in [-0.05, 0) is 25.1 Å². The third-order valence-corrected chi connectivity index (χ3v) is 4.29. The van der Waals surface area contributed by atoms with Crippen LogP contribution in [0.2, 0.25) is 0 Å². The van der Waals surface area contributed by atoms with Crippen LogP contribution in [-0.4, -0.2) is 53.5 Å². The highest BCUT2D eigenvalue weighted by Crippen LogP contribution is 2.12. The van der Waals surface area contributed by atoms with Crippen LogP contribution in [0.1, 0.15) is 17.3 Å². The molecule has 0 heterocycles. The molecule has 0 saturated carbocycles. The Bertz CT molecular complexity index is 589. The van der Waals surface area contributed by atoms with Crippen LogP contribution >= 0.6 is 0 Å². The van der Waals surface area contributed by atoms with Gasteiger partial charge in [-0.15, -0.1) is 0 Å². The predicted molar refractivity (Wildman–Crippen MR) is 83.6 cm³/mol. The van der Waals surface area contributed by atoms with E-state index in [1.807, 2.05) is 0 Å². The third-order valence-electron chi connectivity index (χ3n) is 2.79. The minimum Gasteiger partial charge on any atom is -0.497 e. The van der Waals surface area contributed by atoms with Gasteiger partial charge in [0, 0.05) is 25.3 Å². The number of methoxy groups -OCH3 is 2. The van der Waals surface area contributed by atoms with Crippen LogP contribution in [0, 0.1) is 0 Å². The molecule has 8 heteroatoms. The number of benzene rings is 1. The van der Waals surface area contributed by atoms with E-state index < -0.39 is 10.0 Å². The standard InChI is InChI=1S/C14H22N2O5S/c1-11(10-20-2)16-22(18,19)8-7-15-14(17)12-5-4-6-13(9-12)21-3/h4-6,9,11,16H,7-8,10H2,1-3H3,(H,15,17)/t11-/m0/s1. The van der Waals surface area contributed by atoms with Crippen LogP contribution < -0.4 is 14.8 Å². The molecule has 0 unspecified atom stereocenters. The Balaban J connectivity index is 2.47. The molecule has 0 aliphatic carbocycles. The summed E-state index contributed by atoms with van der Waals surface area (Å²) in [5.41, 5.74) is 0.414. The summed E-state index contributed by atoms with van der Waals surface area (Å²) in [5, 5.41) is 2.57. The summed E-state index contributed by atoms with van der Waals surface area (Å²) < 4.78 is 36.0. The molecule has 22 heavy (non-hydrogen) atoms. The average molecular weight is 330 g/mol. The van der Waals surface area contributed by atoms with Gasteiger partial charge in [-0.25, -0.2) is 13.1 Å². The second-order valence-corrected chi connectivity index (χ2v) is 6.65. The number of hydrogen-bond donors (Lipinski definition) is 2. The highest BCUT2D eigenvalue weighted by atomic mass is 32.2. The van der Waals surface area contributed by atoms with E-state index in [1.165, 1.54) is 14.2 Å². The molecule has 0 aromatic heterocycles. The smallest absolute Gasteiger partial charge is 0.251 e. The van der Waals surface area contributed by atoms with Crippen LogP contribution in [0.25, 0.3) is 0 Å². The first kappa shape index (κ1) is 18.4. The van der Waals surface area contributed by atoms with Crippen molar-refractivity contribution in [2.75, 3.05) is 33.1 Å². The van der Waals surface area contributed by atoms with Crippen LogP contribution in [0.3, 0.4) is 0 Å². The number of rotatable bonds is 9. The highest BCUT2D eigenvalue weighted by Gasteiger charge is 2.15. The summed E-state index contributed by atoms with van der Waals surface area (Å²) in [7, 11) is -0.454. The number of hydrogen-bond acceptors (Lipinski definition) is 5. The zero-order chi connectivity index (χ0) is 16.6. The molecule has 0 aliphatic heterocycles. The Morgan fingerprint density at radius 3 is 2.68 bits per heavy atom. The summed E-state index contributed by atoms with van der Waals surface area (Å²) in [6.07, 6.45) is 0. The molecule has 124 valence electrons. The molecule has 0 aliphatic rings. The van der Waals surface area contributed by atoms with E-state index in [0.717, 1.165) is 0 Å². The molecule has 0 bridgehead atoms. The SMILES string of the molecule is COC[C@H](C)NS(=O)(=O)CCNC(=O)c1cccc(OC)c1. The van der Waals surface area contributed by atoms with E-state index in [1.54, 1.807) is 31.2 Å². The first-order valence-corrected chi connectivity index (χ1v) is 8.44. The Kier molecular flexibility index (Phi) is 7.30.